The third-order valence-corrected chi connectivity index (χ3v) is 5.55. The fourth-order valence-corrected chi connectivity index (χ4v) is 3.90. The Balaban J connectivity index is 2.73. The van der Waals surface area contributed by atoms with E-state index in [2.05, 4.69) is 4.72 Å². The van der Waals surface area contributed by atoms with Crippen molar-refractivity contribution in [2.45, 2.75) is 36.5 Å². The molecule has 0 spiro atoms. The molecule has 0 radical (unpaired) electrons. The van der Waals surface area contributed by atoms with Crippen molar-refractivity contribution in [2.75, 3.05) is 6.54 Å². The topological polar surface area (TPSA) is 104 Å². The van der Waals surface area contributed by atoms with Crippen molar-refractivity contribution in [1.29, 1.82) is 0 Å². The average Bonchev–Trinajstić information content (AvgIpc) is 2.74. The summed E-state index contributed by atoms with van der Waals surface area (Å²) in [7, 11) is -3.70. The zero-order valence-corrected chi connectivity index (χ0v) is 12.3. The minimum absolute atomic E-state index is 0.162. The number of nitrogens with one attached hydrogen (secondary N) is 1. The summed E-state index contributed by atoms with van der Waals surface area (Å²) in [5, 5.41) is 18.3. The van der Waals surface area contributed by atoms with Crippen LogP contribution in [0.1, 0.15) is 25.1 Å². The Morgan fingerprint density at radius 3 is 2.58 bits per heavy atom. The smallest absolute Gasteiger partial charge is 0.306 e. The van der Waals surface area contributed by atoms with E-state index in [-0.39, 0.29) is 10.8 Å². The summed E-state index contributed by atoms with van der Waals surface area (Å²) in [4.78, 5) is 11.5. The van der Waals surface area contributed by atoms with E-state index in [0.717, 1.165) is 22.6 Å². The Kier molecular flexibility index (Phi) is 5.08. The van der Waals surface area contributed by atoms with Crippen LogP contribution in [0.5, 0.6) is 0 Å². The van der Waals surface area contributed by atoms with Crippen LogP contribution >= 0.6 is 11.3 Å². The molecule has 1 heterocycles. The molecular formula is C11H17NO5S2. The number of carboxylic acid groups (broad SMARTS) is 1. The van der Waals surface area contributed by atoms with Gasteiger partial charge < -0.3 is 10.2 Å². The quantitative estimate of drug-likeness (QED) is 0.692. The summed E-state index contributed by atoms with van der Waals surface area (Å²) in [6.45, 7) is 2.85. The number of sulfonamides is 1. The van der Waals surface area contributed by atoms with Crippen LogP contribution in [0.3, 0.4) is 0 Å². The largest absolute Gasteiger partial charge is 0.481 e. The molecule has 19 heavy (non-hydrogen) atoms. The molecule has 0 bridgehead atoms. The van der Waals surface area contributed by atoms with Crippen LogP contribution in [0.15, 0.2) is 16.3 Å². The molecular weight excluding hydrogens is 290 g/mol. The van der Waals surface area contributed by atoms with Crippen molar-refractivity contribution in [2.24, 2.45) is 0 Å². The summed E-state index contributed by atoms with van der Waals surface area (Å²) in [6.07, 6.45) is 0.219. The molecule has 0 saturated heterocycles. The number of carbonyl (C=O) groups is 1. The van der Waals surface area contributed by atoms with Gasteiger partial charge in [-0.05, 0) is 25.5 Å². The molecule has 1 aromatic rings. The van der Waals surface area contributed by atoms with Crippen LogP contribution in [-0.2, 0) is 21.2 Å². The SMILES string of the molecule is CCc1ccc(S(=O)(=O)NCC(C)(O)CC(=O)O)s1. The molecule has 0 aromatic carbocycles. The van der Waals surface area contributed by atoms with Gasteiger partial charge in [0, 0.05) is 11.4 Å². The van der Waals surface area contributed by atoms with Crippen molar-refractivity contribution >= 4 is 27.3 Å². The predicted molar refractivity (Wildman–Crippen MR) is 71.8 cm³/mol. The Morgan fingerprint density at radius 2 is 2.11 bits per heavy atom. The molecule has 1 unspecified atom stereocenters. The Labute approximate surface area is 116 Å². The van der Waals surface area contributed by atoms with E-state index in [1.807, 2.05) is 6.92 Å². The third-order valence-electron chi connectivity index (χ3n) is 2.43. The first-order valence-electron chi connectivity index (χ1n) is 5.69. The molecule has 1 aromatic heterocycles. The second kappa shape index (κ2) is 6.00. The minimum atomic E-state index is -3.70. The van der Waals surface area contributed by atoms with Gasteiger partial charge in [-0.25, -0.2) is 13.1 Å². The summed E-state index contributed by atoms with van der Waals surface area (Å²) in [6, 6.07) is 3.23. The lowest BCUT2D eigenvalue weighted by Crippen LogP contribution is -2.41. The fraction of sp³-hybridized carbons (Fsp3) is 0.545. The maximum Gasteiger partial charge on any atom is 0.306 e. The standard InChI is InChI=1S/C11H17NO5S2/c1-3-8-4-5-10(18-8)19(16,17)12-7-11(2,15)6-9(13)14/h4-5,12,15H,3,6-7H2,1-2H3,(H,13,14). The van der Waals surface area contributed by atoms with Crippen LogP contribution in [0.2, 0.25) is 0 Å². The van der Waals surface area contributed by atoms with Gasteiger partial charge in [0.05, 0.1) is 12.0 Å². The molecule has 0 aliphatic carbocycles. The number of hydrogen-bond acceptors (Lipinski definition) is 5. The highest BCUT2D eigenvalue weighted by atomic mass is 32.2. The van der Waals surface area contributed by atoms with E-state index >= 15 is 0 Å². The zero-order valence-electron chi connectivity index (χ0n) is 10.7. The van der Waals surface area contributed by atoms with Crippen LogP contribution in [0, 0.1) is 0 Å². The highest BCUT2D eigenvalue weighted by molar-refractivity contribution is 7.91. The lowest BCUT2D eigenvalue weighted by Gasteiger charge is -2.21. The first kappa shape index (κ1) is 16.1. The zero-order chi connectivity index (χ0) is 14.7. The van der Waals surface area contributed by atoms with Crippen LogP contribution in [0.4, 0.5) is 0 Å². The Hall–Kier alpha value is -0.960. The maximum absolute atomic E-state index is 11.9. The molecule has 8 heteroatoms. The number of thiophene rings is 1. The number of hydrogen-bond donors (Lipinski definition) is 3. The molecule has 108 valence electrons. The predicted octanol–water partition coefficient (Wildman–Crippen LogP) is 0.814. The minimum Gasteiger partial charge on any atom is -0.481 e. The fourth-order valence-electron chi connectivity index (χ4n) is 1.40. The van der Waals surface area contributed by atoms with Gasteiger partial charge in [-0.3, -0.25) is 4.79 Å². The van der Waals surface area contributed by atoms with E-state index < -0.39 is 28.0 Å². The molecule has 0 saturated carbocycles. The number of carboxylic acids is 1. The molecule has 1 rings (SSSR count). The van der Waals surface area contributed by atoms with Crippen LogP contribution in [-0.4, -0.2) is 36.7 Å². The lowest BCUT2D eigenvalue weighted by molar-refractivity contribution is -0.141. The first-order valence-corrected chi connectivity index (χ1v) is 7.99. The highest BCUT2D eigenvalue weighted by Crippen LogP contribution is 2.22. The monoisotopic (exact) mass is 307 g/mol. The summed E-state index contributed by atoms with van der Waals surface area (Å²) < 4.78 is 26.3. The second-order valence-corrected chi connectivity index (χ2v) is 7.63. The van der Waals surface area contributed by atoms with Crippen molar-refractivity contribution in [3.63, 3.8) is 0 Å². The second-order valence-electron chi connectivity index (χ2n) is 4.47. The van der Waals surface area contributed by atoms with Crippen molar-refractivity contribution < 1.29 is 23.4 Å². The Bertz CT molecular complexity index is 547. The summed E-state index contributed by atoms with van der Waals surface area (Å²) in [5.41, 5.74) is -1.62. The average molecular weight is 307 g/mol. The van der Waals surface area contributed by atoms with E-state index in [0.29, 0.717) is 0 Å². The Morgan fingerprint density at radius 1 is 1.47 bits per heavy atom. The van der Waals surface area contributed by atoms with Gasteiger partial charge in [0.15, 0.2) is 0 Å². The van der Waals surface area contributed by atoms with Gasteiger partial charge in [-0.15, -0.1) is 11.3 Å². The van der Waals surface area contributed by atoms with Crippen molar-refractivity contribution in [3.8, 4) is 0 Å². The molecule has 0 aliphatic heterocycles. The summed E-state index contributed by atoms with van der Waals surface area (Å²) >= 11 is 1.16. The van der Waals surface area contributed by atoms with Gasteiger partial charge in [0.25, 0.3) is 0 Å². The first-order chi connectivity index (χ1) is 8.66. The van der Waals surface area contributed by atoms with Crippen molar-refractivity contribution in [1.82, 2.24) is 4.72 Å². The third kappa shape index (κ3) is 4.90. The number of aryl methyl sites for hydroxylation is 1. The van der Waals surface area contributed by atoms with Gasteiger partial charge >= 0.3 is 5.97 Å². The van der Waals surface area contributed by atoms with Gasteiger partial charge in [-0.1, -0.05) is 6.92 Å². The lowest BCUT2D eigenvalue weighted by atomic mass is 10.0. The van der Waals surface area contributed by atoms with Gasteiger partial charge in [0.2, 0.25) is 10.0 Å². The van der Waals surface area contributed by atoms with Crippen molar-refractivity contribution in [3.05, 3.63) is 17.0 Å². The molecule has 6 nitrogen and oxygen atoms in total. The van der Waals surface area contributed by atoms with E-state index in [1.165, 1.54) is 13.0 Å². The van der Waals surface area contributed by atoms with Gasteiger partial charge in [0.1, 0.15) is 4.21 Å². The number of aliphatic hydroxyl groups is 1. The number of aliphatic carboxylic acids is 1. The summed E-state index contributed by atoms with van der Waals surface area (Å²) in [5.74, 6) is -1.19. The maximum atomic E-state index is 11.9. The van der Waals surface area contributed by atoms with E-state index in [9.17, 15) is 18.3 Å². The number of rotatable bonds is 7. The van der Waals surface area contributed by atoms with E-state index in [1.54, 1.807) is 6.07 Å². The van der Waals surface area contributed by atoms with Crippen LogP contribution in [0.25, 0.3) is 0 Å². The van der Waals surface area contributed by atoms with E-state index in [4.69, 9.17) is 5.11 Å². The molecule has 3 N–H and O–H groups in total. The molecule has 1 atom stereocenters. The highest BCUT2D eigenvalue weighted by Gasteiger charge is 2.27. The molecule has 0 aliphatic rings. The van der Waals surface area contributed by atoms with Crippen LogP contribution < -0.4 is 4.72 Å². The van der Waals surface area contributed by atoms with Gasteiger partial charge in [-0.2, -0.15) is 0 Å². The normalized spacial score (nSPS) is 15.1. The molecule has 0 fully saturated rings. The molecule has 0 amide bonds.